The van der Waals surface area contributed by atoms with E-state index < -0.39 is 23.9 Å². The summed E-state index contributed by atoms with van der Waals surface area (Å²) in [4.78, 5) is 38.1. The van der Waals surface area contributed by atoms with Crippen molar-refractivity contribution in [2.45, 2.75) is 25.8 Å². The number of allylic oxidation sites excluding steroid dienone is 1. The molecular weight excluding hydrogens is 314 g/mol. The average molecular weight is 333 g/mol. The van der Waals surface area contributed by atoms with Crippen molar-refractivity contribution < 1.29 is 29.0 Å². The van der Waals surface area contributed by atoms with Crippen molar-refractivity contribution in [3.8, 4) is 0 Å². The van der Waals surface area contributed by atoms with E-state index in [4.69, 9.17) is 9.47 Å². The highest BCUT2D eigenvalue weighted by Gasteiger charge is 2.42. The molecule has 1 aliphatic rings. The van der Waals surface area contributed by atoms with Crippen molar-refractivity contribution in [3.05, 3.63) is 47.4 Å². The topological polar surface area (TPSA) is 93.1 Å². The van der Waals surface area contributed by atoms with Gasteiger partial charge in [0.05, 0.1) is 13.7 Å². The summed E-state index contributed by atoms with van der Waals surface area (Å²) in [5.74, 6) is -2.38. The Balaban J connectivity index is 2.50. The highest BCUT2D eigenvalue weighted by molar-refractivity contribution is 6.03. The second kappa shape index (κ2) is 7.63. The molecule has 0 saturated heterocycles. The van der Waals surface area contributed by atoms with Crippen LogP contribution in [0, 0.1) is 0 Å². The summed E-state index contributed by atoms with van der Waals surface area (Å²) in [6.45, 7) is 1.69. The number of amides is 1. The third-order valence-corrected chi connectivity index (χ3v) is 3.66. The highest BCUT2D eigenvalue weighted by atomic mass is 16.5. The fraction of sp³-hybridized carbons (Fsp3) is 0.353. The number of methoxy groups -OCH3 is 1. The number of carbonyl (C=O) groups is 3. The Morgan fingerprint density at radius 1 is 1.25 bits per heavy atom. The van der Waals surface area contributed by atoms with E-state index in [-0.39, 0.29) is 36.5 Å². The summed E-state index contributed by atoms with van der Waals surface area (Å²) in [5.41, 5.74) is -0.0322. The van der Waals surface area contributed by atoms with E-state index >= 15 is 0 Å². The quantitative estimate of drug-likeness (QED) is 0.845. The van der Waals surface area contributed by atoms with E-state index in [1.54, 1.807) is 37.3 Å². The first kappa shape index (κ1) is 17.5. The van der Waals surface area contributed by atoms with Crippen LogP contribution in [0.25, 0.3) is 0 Å². The molecule has 1 aliphatic heterocycles. The van der Waals surface area contributed by atoms with Gasteiger partial charge in [0.25, 0.3) is 5.91 Å². The molecule has 1 unspecified atom stereocenters. The predicted octanol–water partition coefficient (Wildman–Crippen LogP) is 1.80. The molecule has 0 bridgehead atoms. The lowest BCUT2D eigenvalue weighted by Gasteiger charge is -2.34. The Bertz CT molecular complexity index is 667. The van der Waals surface area contributed by atoms with Crippen molar-refractivity contribution in [2.75, 3.05) is 13.7 Å². The Hall–Kier alpha value is -2.83. The molecule has 1 amide bonds. The minimum absolute atomic E-state index is 0.0753. The van der Waals surface area contributed by atoms with Crippen LogP contribution < -0.4 is 0 Å². The van der Waals surface area contributed by atoms with Gasteiger partial charge in [0.1, 0.15) is 11.8 Å². The van der Waals surface area contributed by atoms with Crippen molar-refractivity contribution in [1.29, 1.82) is 0 Å². The lowest BCUT2D eigenvalue weighted by Crippen LogP contribution is -2.49. The van der Waals surface area contributed by atoms with Gasteiger partial charge >= 0.3 is 11.9 Å². The molecule has 24 heavy (non-hydrogen) atoms. The third kappa shape index (κ3) is 3.40. The molecule has 1 aromatic carbocycles. The minimum Gasteiger partial charge on any atom is -0.510 e. The van der Waals surface area contributed by atoms with Crippen LogP contribution >= 0.6 is 0 Å². The second-order valence-corrected chi connectivity index (χ2v) is 5.13. The summed E-state index contributed by atoms with van der Waals surface area (Å²) in [5, 5.41) is 10.1. The van der Waals surface area contributed by atoms with Gasteiger partial charge < -0.3 is 14.6 Å². The van der Waals surface area contributed by atoms with Crippen LogP contribution in [0.4, 0.5) is 0 Å². The zero-order valence-corrected chi connectivity index (χ0v) is 13.5. The summed E-state index contributed by atoms with van der Waals surface area (Å²) < 4.78 is 9.67. The first-order valence-electron chi connectivity index (χ1n) is 7.56. The van der Waals surface area contributed by atoms with Gasteiger partial charge in [-0.2, -0.15) is 0 Å². The minimum atomic E-state index is -1.00. The van der Waals surface area contributed by atoms with Gasteiger partial charge in [0.15, 0.2) is 5.70 Å². The smallest absolute Gasteiger partial charge is 0.358 e. The average Bonchev–Trinajstić information content (AvgIpc) is 2.61. The Kier molecular flexibility index (Phi) is 5.57. The summed E-state index contributed by atoms with van der Waals surface area (Å²) >= 11 is 0. The number of rotatable bonds is 4. The standard InChI is InChI=1S/C17H19NO6/c1-3-24-17(22)14-13(19)10-9-12(16(21)23-2)18(14)15(20)11-7-5-4-6-8-11/h4-8,12,19H,3,9-10H2,1-2H3. The van der Waals surface area contributed by atoms with E-state index in [1.807, 2.05) is 0 Å². The second-order valence-electron chi connectivity index (χ2n) is 5.13. The maximum absolute atomic E-state index is 12.9. The summed E-state index contributed by atoms with van der Waals surface area (Å²) in [7, 11) is 1.20. The van der Waals surface area contributed by atoms with Gasteiger partial charge in [0.2, 0.25) is 0 Å². The lowest BCUT2D eigenvalue weighted by molar-refractivity contribution is -0.148. The number of aliphatic hydroxyl groups excluding tert-OH is 1. The molecular formula is C17H19NO6. The molecule has 0 aliphatic carbocycles. The van der Waals surface area contributed by atoms with E-state index in [0.717, 1.165) is 4.90 Å². The molecule has 7 heteroatoms. The van der Waals surface area contributed by atoms with Crippen molar-refractivity contribution in [1.82, 2.24) is 4.90 Å². The Labute approximate surface area is 139 Å². The SMILES string of the molecule is CCOC(=O)C1=C(O)CCC(C(=O)OC)N1C(=O)c1ccccc1. The van der Waals surface area contributed by atoms with Crippen LogP contribution in [0.1, 0.15) is 30.1 Å². The van der Waals surface area contributed by atoms with Gasteiger partial charge in [-0.3, -0.25) is 9.69 Å². The van der Waals surface area contributed by atoms with E-state index in [9.17, 15) is 19.5 Å². The number of carbonyl (C=O) groups excluding carboxylic acids is 3. The van der Waals surface area contributed by atoms with Gasteiger partial charge in [-0.1, -0.05) is 18.2 Å². The maximum atomic E-state index is 12.9. The summed E-state index contributed by atoms with van der Waals surface area (Å²) in [6.07, 6.45) is 0.229. The molecule has 1 aromatic rings. The first-order chi connectivity index (χ1) is 11.5. The van der Waals surface area contributed by atoms with Gasteiger partial charge in [-0.15, -0.1) is 0 Å². The van der Waals surface area contributed by atoms with Crippen molar-refractivity contribution in [3.63, 3.8) is 0 Å². The molecule has 1 heterocycles. The first-order valence-corrected chi connectivity index (χ1v) is 7.56. The Morgan fingerprint density at radius 2 is 1.92 bits per heavy atom. The van der Waals surface area contributed by atoms with Gasteiger partial charge in [0, 0.05) is 12.0 Å². The van der Waals surface area contributed by atoms with Crippen LogP contribution in [0.3, 0.4) is 0 Å². The number of hydrogen-bond acceptors (Lipinski definition) is 6. The zero-order valence-electron chi connectivity index (χ0n) is 13.5. The fourth-order valence-corrected chi connectivity index (χ4v) is 2.55. The molecule has 1 atom stereocenters. The van der Waals surface area contributed by atoms with E-state index in [2.05, 4.69) is 0 Å². The van der Waals surface area contributed by atoms with Crippen LogP contribution in [0.5, 0.6) is 0 Å². The highest BCUT2D eigenvalue weighted by Crippen LogP contribution is 2.29. The number of esters is 2. The Morgan fingerprint density at radius 3 is 2.50 bits per heavy atom. The van der Waals surface area contributed by atoms with Gasteiger partial charge in [-0.05, 0) is 25.5 Å². The summed E-state index contributed by atoms with van der Waals surface area (Å²) in [6, 6.07) is 7.19. The van der Waals surface area contributed by atoms with E-state index in [1.165, 1.54) is 7.11 Å². The van der Waals surface area contributed by atoms with Crippen molar-refractivity contribution in [2.24, 2.45) is 0 Å². The zero-order chi connectivity index (χ0) is 17.7. The number of aliphatic hydroxyl groups is 1. The van der Waals surface area contributed by atoms with Gasteiger partial charge in [-0.25, -0.2) is 9.59 Å². The fourth-order valence-electron chi connectivity index (χ4n) is 2.55. The van der Waals surface area contributed by atoms with Crippen LogP contribution in [-0.4, -0.2) is 47.6 Å². The molecule has 0 aromatic heterocycles. The predicted molar refractivity (Wildman–Crippen MR) is 83.9 cm³/mol. The molecule has 0 saturated carbocycles. The van der Waals surface area contributed by atoms with E-state index in [0.29, 0.717) is 0 Å². The monoisotopic (exact) mass is 333 g/mol. The largest absolute Gasteiger partial charge is 0.510 e. The molecule has 7 nitrogen and oxygen atoms in total. The molecule has 0 spiro atoms. The number of ether oxygens (including phenoxy) is 2. The van der Waals surface area contributed by atoms with Crippen LogP contribution in [0.2, 0.25) is 0 Å². The third-order valence-electron chi connectivity index (χ3n) is 3.66. The molecule has 2 rings (SSSR count). The lowest BCUT2D eigenvalue weighted by atomic mass is 9.99. The van der Waals surface area contributed by atoms with Crippen LogP contribution in [0.15, 0.2) is 41.8 Å². The number of benzene rings is 1. The number of nitrogens with zero attached hydrogens (tertiary/aromatic N) is 1. The normalized spacial score (nSPS) is 17.4. The van der Waals surface area contributed by atoms with Crippen molar-refractivity contribution >= 4 is 17.8 Å². The maximum Gasteiger partial charge on any atom is 0.358 e. The molecule has 0 fully saturated rings. The molecule has 0 radical (unpaired) electrons. The molecule has 128 valence electrons. The number of hydrogen-bond donors (Lipinski definition) is 1. The molecule has 1 N–H and O–H groups in total. The van der Waals surface area contributed by atoms with Crippen LogP contribution in [-0.2, 0) is 19.1 Å².